The van der Waals surface area contributed by atoms with Crippen molar-refractivity contribution in [3.05, 3.63) is 54.2 Å². The molecular weight excluding hydrogens is 189 g/mol. The van der Waals surface area contributed by atoms with Gasteiger partial charge in [0.1, 0.15) is 0 Å². The van der Waals surface area contributed by atoms with Crippen LogP contribution in [0.1, 0.15) is 5.69 Å². The van der Waals surface area contributed by atoms with Crippen LogP contribution in [0, 0.1) is 6.92 Å². The highest BCUT2D eigenvalue weighted by Gasteiger charge is 1.96. The van der Waals surface area contributed by atoms with Crippen LogP contribution in [0.4, 0.5) is 0 Å². The lowest BCUT2D eigenvalue weighted by atomic mass is 10.4. The number of rotatable bonds is 2. The predicted octanol–water partition coefficient (Wildman–Crippen LogP) is 2.02. The van der Waals surface area contributed by atoms with E-state index in [4.69, 9.17) is 0 Å². The van der Waals surface area contributed by atoms with Crippen molar-refractivity contribution in [2.45, 2.75) is 6.92 Å². The van der Waals surface area contributed by atoms with Gasteiger partial charge in [0.05, 0.1) is 5.44 Å². The van der Waals surface area contributed by atoms with Gasteiger partial charge in [0, 0.05) is 5.69 Å². The minimum Gasteiger partial charge on any atom is -0.253 e. The summed E-state index contributed by atoms with van der Waals surface area (Å²) >= 11 is 0. The van der Waals surface area contributed by atoms with E-state index in [1.807, 2.05) is 19.1 Å². The van der Waals surface area contributed by atoms with Gasteiger partial charge >= 0.3 is 0 Å². The van der Waals surface area contributed by atoms with Gasteiger partial charge in [0.2, 0.25) is 0 Å². The van der Waals surface area contributed by atoms with E-state index in [1.165, 1.54) is 5.30 Å². The molecule has 1 unspecified atom stereocenters. The molecule has 0 saturated heterocycles. The first-order valence-electron chi connectivity index (χ1n) is 4.60. The van der Waals surface area contributed by atoms with Crippen molar-refractivity contribution >= 4 is 19.3 Å². The second-order valence-electron chi connectivity index (χ2n) is 3.16. The fourth-order valence-electron chi connectivity index (χ4n) is 1.28. The highest BCUT2D eigenvalue weighted by molar-refractivity contribution is 7.55. The van der Waals surface area contributed by atoms with Gasteiger partial charge in [-0.2, -0.15) is 0 Å². The summed E-state index contributed by atoms with van der Waals surface area (Å²) in [5.41, 5.74) is 2.25. The lowest BCUT2D eigenvalue weighted by Gasteiger charge is -2.01. The number of hydrogen-bond donors (Lipinski definition) is 0. The predicted molar refractivity (Wildman–Crippen MR) is 63.0 cm³/mol. The smallest absolute Gasteiger partial charge is 0.0648 e. The topological polar surface area (TPSA) is 12.9 Å². The molecule has 0 saturated carbocycles. The number of nitrogens with zero attached hydrogens (tertiary/aromatic N) is 1. The Morgan fingerprint density at radius 3 is 2.43 bits per heavy atom. The Kier molecular flexibility index (Phi) is 2.90. The SMILES string of the molecule is Cc1cccc(Pc2ccccc2)n1. The van der Waals surface area contributed by atoms with E-state index in [0.717, 1.165) is 11.1 Å². The number of aryl methyl sites for hydroxylation is 1. The summed E-state index contributed by atoms with van der Waals surface area (Å²) in [5.74, 6) is 0. The molecule has 0 fully saturated rings. The molecule has 0 aliphatic carbocycles. The molecule has 1 nitrogen and oxygen atoms in total. The van der Waals surface area contributed by atoms with Crippen LogP contribution < -0.4 is 10.7 Å². The van der Waals surface area contributed by atoms with Crippen LogP contribution in [-0.4, -0.2) is 4.98 Å². The van der Waals surface area contributed by atoms with Gasteiger partial charge in [0.15, 0.2) is 0 Å². The second kappa shape index (κ2) is 4.34. The molecule has 1 atom stereocenters. The van der Waals surface area contributed by atoms with Crippen LogP contribution in [0.15, 0.2) is 48.5 Å². The molecule has 2 aromatic rings. The Labute approximate surface area is 86.0 Å². The van der Waals surface area contributed by atoms with E-state index in [9.17, 15) is 0 Å². The lowest BCUT2D eigenvalue weighted by molar-refractivity contribution is 1.24. The van der Waals surface area contributed by atoms with Crippen molar-refractivity contribution in [1.29, 1.82) is 0 Å². The first-order valence-corrected chi connectivity index (χ1v) is 5.60. The molecule has 14 heavy (non-hydrogen) atoms. The molecule has 2 heteroatoms. The van der Waals surface area contributed by atoms with E-state index in [2.05, 4.69) is 41.4 Å². The Hall–Kier alpha value is -1.20. The summed E-state index contributed by atoms with van der Waals surface area (Å²) < 4.78 is 0. The van der Waals surface area contributed by atoms with Crippen molar-refractivity contribution in [3.63, 3.8) is 0 Å². The fraction of sp³-hybridized carbons (Fsp3) is 0.0833. The summed E-state index contributed by atoms with van der Waals surface area (Å²) in [5, 5.41) is 1.34. The summed E-state index contributed by atoms with van der Waals surface area (Å²) in [6, 6.07) is 16.6. The Bertz CT molecular complexity index is 412. The number of pyridine rings is 1. The van der Waals surface area contributed by atoms with E-state index >= 15 is 0 Å². The quantitative estimate of drug-likeness (QED) is 0.677. The monoisotopic (exact) mass is 201 g/mol. The highest BCUT2D eigenvalue weighted by atomic mass is 31.1. The fourth-order valence-corrected chi connectivity index (χ4v) is 2.35. The van der Waals surface area contributed by atoms with Crippen molar-refractivity contribution in [3.8, 4) is 0 Å². The van der Waals surface area contributed by atoms with Crippen molar-refractivity contribution in [2.24, 2.45) is 0 Å². The van der Waals surface area contributed by atoms with Gasteiger partial charge in [-0.3, -0.25) is 4.98 Å². The minimum atomic E-state index is 0.662. The van der Waals surface area contributed by atoms with E-state index < -0.39 is 0 Å². The van der Waals surface area contributed by atoms with Crippen LogP contribution in [0.2, 0.25) is 0 Å². The van der Waals surface area contributed by atoms with Gasteiger partial charge in [-0.15, -0.1) is 0 Å². The molecule has 0 spiro atoms. The summed E-state index contributed by atoms with van der Waals surface area (Å²) in [6.45, 7) is 2.03. The maximum absolute atomic E-state index is 4.48. The summed E-state index contributed by atoms with van der Waals surface area (Å²) in [6.07, 6.45) is 0. The summed E-state index contributed by atoms with van der Waals surface area (Å²) in [4.78, 5) is 4.48. The second-order valence-corrected chi connectivity index (χ2v) is 4.49. The average molecular weight is 201 g/mol. The summed E-state index contributed by atoms with van der Waals surface area (Å²) in [7, 11) is 0.662. The Balaban J connectivity index is 2.19. The first kappa shape index (κ1) is 9.36. The van der Waals surface area contributed by atoms with Gasteiger partial charge in [-0.1, -0.05) is 36.4 Å². The third kappa shape index (κ3) is 2.40. The van der Waals surface area contributed by atoms with E-state index in [-0.39, 0.29) is 0 Å². The highest BCUT2D eigenvalue weighted by Crippen LogP contribution is 2.08. The number of benzene rings is 1. The maximum atomic E-state index is 4.48. The lowest BCUT2D eigenvalue weighted by Crippen LogP contribution is -2.07. The maximum Gasteiger partial charge on any atom is 0.0648 e. The third-order valence-corrected chi connectivity index (χ3v) is 3.09. The minimum absolute atomic E-state index is 0.662. The molecule has 0 bridgehead atoms. The molecule has 1 aromatic heterocycles. The molecule has 1 aromatic carbocycles. The van der Waals surface area contributed by atoms with Crippen LogP contribution in [0.25, 0.3) is 0 Å². The Morgan fingerprint density at radius 2 is 1.71 bits per heavy atom. The molecule has 70 valence electrons. The molecule has 1 heterocycles. The zero-order valence-corrected chi connectivity index (χ0v) is 9.07. The normalized spacial score (nSPS) is 10.9. The van der Waals surface area contributed by atoms with Gasteiger partial charge < -0.3 is 0 Å². The third-order valence-electron chi connectivity index (χ3n) is 1.93. The van der Waals surface area contributed by atoms with Crippen molar-refractivity contribution in [2.75, 3.05) is 0 Å². The van der Waals surface area contributed by atoms with Crippen molar-refractivity contribution in [1.82, 2.24) is 4.98 Å². The molecule has 0 amide bonds. The first-order chi connectivity index (χ1) is 6.84. The van der Waals surface area contributed by atoms with Crippen LogP contribution in [-0.2, 0) is 0 Å². The molecule has 0 aliphatic heterocycles. The molecule has 2 rings (SSSR count). The number of hydrogen-bond acceptors (Lipinski definition) is 1. The number of aromatic nitrogens is 1. The largest absolute Gasteiger partial charge is 0.253 e. The van der Waals surface area contributed by atoms with Crippen LogP contribution >= 0.6 is 8.58 Å². The Morgan fingerprint density at radius 1 is 0.929 bits per heavy atom. The van der Waals surface area contributed by atoms with Crippen LogP contribution in [0.3, 0.4) is 0 Å². The zero-order valence-electron chi connectivity index (χ0n) is 8.07. The van der Waals surface area contributed by atoms with Gasteiger partial charge in [-0.05, 0) is 32.9 Å². The van der Waals surface area contributed by atoms with E-state index in [1.54, 1.807) is 0 Å². The van der Waals surface area contributed by atoms with Gasteiger partial charge in [-0.25, -0.2) is 0 Å². The molecular formula is C12H12NP. The molecule has 0 aliphatic rings. The molecule has 0 radical (unpaired) electrons. The average Bonchev–Trinajstić information content (AvgIpc) is 2.19. The van der Waals surface area contributed by atoms with Gasteiger partial charge in [0.25, 0.3) is 0 Å². The standard InChI is InChI=1S/C12H12NP/c1-10-6-5-9-12(13-10)14-11-7-3-2-4-8-11/h2-9,14H,1H3. The van der Waals surface area contributed by atoms with E-state index in [0.29, 0.717) is 8.58 Å². The van der Waals surface area contributed by atoms with Crippen LogP contribution in [0.5, 0.6) is 0 Å². The van der Waals surface area contributed by atoms with Crippen molar-refractivity contribution < 1.29 is 0 Å². The molecule has 0 N–H and O–H groups in total. The zero-order chi connectivity index (χ0) is 9.80.